The van der Waals surface area contributed by atoms with Crippen molar-refractivity contribution in [3.8, 4) is 34.2 Å². The first-order valence-electron chi connectivity index (χ1n) is 8.20. The van der Waals surface area contributed by atoms with E-state index in [0.717, 1.165) is 0 Å². The molecule has 0 unspecified atom stereocenters. The average Bonchev–Trinajstić information content (AvgIpc) is 3.20. The van der Waals surface area contributed by atoms with Crippen LogP contribution >= 0.6 is 12.6 Å². The number of thiol groups is 1. The molecule has 0 aliphatic carbocycles. The average molecular weight is 390 g/mol. The highest BCUT2D eigenvalue weighted by molar-refractivity contribution is 7.80. The summed E-state index contributed by atoms with van der Waals surface area (Å²) in [6.45, 7) is 5.93. The molecule has 0 bridgehead atoms. The van der Waals surface area contributed by atoms with E-state index in [2.05, 4.69) is 33.2 Å². The van der Waals surface area contributed by atoms with Gasteiger partial charge in [-0.2, -0.15) is 4.98 Å². The second-order valence-corrected chi connectivity index (χ2v) is 6.46. The van der Waals surface area contributed by atoms with Gasteiger partial charge in [-0.25, -0.2) is 0 Å². The van der Waals surface area contributed by atoms with Crippen LogP contribution in [0.4, 0.5) is 0 Å². The Morgan fingerprint density at radius 3 is 2.56 bits per heavy atom. The molecular formula is C17H18N4O5S. The highest BCUT2D eigenvalue weighted by Gasteiger charge is 2.29. The smallest absolute Gasteiger partial charge is 0.282 e. The van der Waals surface area contributed by atoms with Gasteiger partial charge in [0, 0.05) is 12.6 Å². The van der Waals surface area contributed by atoms with Gasteiger partial charge in [0.2, 0.25) is 5.82 Å². The molecule has 0 atom stereocenters. The topological polar surface area (TPSA) is 135 Å². The molecule has 0 aliphatic rings. The molecule has 1 aromatic carbocycles. The molecule has 0 spiro atoms. The lowest BCUT2D eigenvalue weighted by Crippen LogP contribution is -2.23. The van der Waals surface area contributed by atoms with Crippen molar-refractivity contribution in [2.24, 2.45) is 0 Å². The lowest BCUT2D eigenvalue weighted by Gasteiger charge is -2.11. The van der Waals surface area contributed by atoms with Crippen LogP contribution in [0.5, 0.6) is 11.5 Å². The molecule has 3 aromatic rings. The number of hydrogen-bond donors (Lipinski definition) is 4. The number of rotatable bonds is 5. The number of hydrogen-bond acceptors (Lipinski definition) is 9. The highest BCUT2D eigenvalue weighted by atomic mass is 32.1. The molecule has 0 saturated heterocycles. The van der Waals surface area contributed by atoms with Crippen molar-refractivity contribution >= 4 is 18.5 Å². The normalized spacial score (nSPS) is 11.1. The summed E-state index contributed by atoms with van der Waals surface area (Å²) in [6, 6.07) is 2.78. The van der Waals surface area contributed by atoms with Crippen LogP contribution in [0, 0.1) is 0 Å². The predicted octanol–water partition coefficient (Wildman–Crippen LogP) is 2.96. The molecule has 3 rings (SSSR count). The van der Waals surface area contributed by atoms with Crippen LogP contribution in [0.15, 0.2) is 26.4 Å². The third-order valence-electron chi connectivity index (χ3n) is 3.90. The number of carbonyl (C=O) groups excluding carboxylic acids is 1. The zero-order valence-corrected chi connectivity index (χ0v) is 15.7. The van der Waals surface area contributed by atoms with Crippen molar-refractivity contribution in [2.75, 3.05) is 6.54 Å². The maximum absolute atomic E-state index is 12.4. The Balaban J connectivity index is 2.25. The zero-order chi connectivity index (χ0) is 19.7. The third kappa shape index (κ3) is 3.47. The van der Waals surface area contributed by atoms with Crippen LogP contribution in [0.3, 0.4) is 0 Å². The van der Waals surface area contributed by atoms with Crippen molar-refractivity contribution < 1.29 is 24.1 Å². The van der Waals surface area contributed by atoms with E-state index in [1.54, 1.807) is 13.0 Å². The van der Waals surface area contributed by atoms with E-state index in [1.165, 1.54) is 6.07 Å². The number of aromatic nitrogens is 3. The van der Waals surface area contributed by atoms with E-state index in [0.29, 0.717) is 12.1 Å². The fraction of sp³-hybridized carbons (Fsp3) is 0.294. The molecule has 27 heavy (non-hydrogen) atoms. The molecule has 3 N–H and O–H groups in total. The number of phenols is 2. The Morgan fingerprint density at radius 1 is 1.22 bits per heavy atom. The first kappa shape index (κ1) is 18.8. The second kappa shape index (κ2) is 7.31. The summed E-state index contributed by atoms with van der Waals surface area (Å²) >= 11 is 3.99. The molecule has 0 aliphatic heterocycles. The van der Waals surface area contributed by atoms with Gasteiger partial charge in [0.1, 0.15) is 17.1 Å². The van der Waals surface area contributed by atoms with Crippen LogP contribution in [0.2, 0.25) is 0 Å². The number of amides is 1. The van der Waals surface area contributed by atoms with Crippen molar-refractivity contribution in [2.45, 2.75) is 31.9 Å². The predicted molar refractivity (Wildman–Crippen MR) is 97.9 cm³/mol. The fourth-order valence-electron chi connectivity index (χ4n) is 2.64. The Labute approximate surface area is 159 Å². The minimum atomic E-state index is -0.490. The standard InChI is InChI=1S/C17H18N4O5S/c1-4-18-16(24)13-12(15-19-17(27)26-21-15)14(25-20-13)9-5-8(7(2)3)10(22)6-11(9)23/h5-7,22-23H,4H2,1-3H3,(H,18,24)(H,19,21,27). The van der Waals surface area contributed by atoms with Crippen molar-refractivity contribution in [3.63, 3.8) is 0 Å². The lowest BCUT2D eigenvalue weighted by molar-refractivity contribution is 0.0947. The van der Waals surface area contributed by atoms with E-state index >= 15 is 0 Å². The Hall–Kier alpha value is -3.01. The molecule has 10 heteroatoms. The van der Waals surface area contributed by atoms with Gasteiger partial charge >= 0.3 is 0 Å². The van der Waals surface area contributed by atoms with Gasteiger partial charge in [-0.3, -0.25) is 4.79 Å². The van der Waals surface area contributed by atoms with Crippen molar-refractivity contribution in [1.82, 2.24) is 20.6 Å². The molecule has 0 fully saturated rings. The number of nitrogens with one attached hydrogen (secondary N) is 1. The zero-order valence-electron chi connectivity index (χ0n) is 14.8. The second-order valence-electron chi connectivity index (χ2n) is 6.08. The first-order valence-corrected chi connectivity index (χ1v) is 8.65. The minimum absolute atomic E-state index is 0.00297. The van der Waals surface area contributed by atoms with Gasteiger partial charge in [0.25, 0.3) is 11.1 Å². The van der Waals surface area contributed by atoms with Crippen molar-refractivity contribution in [1.29, 1.82) is 0 Å². The summed E-state index contributed by atoms with van der Waals surface area (Å²) in [5.74, 6) is -0.691. The summed E-state index contributed by atoms with van der Waals surface area (Å²) in [5, 5.41) is 30.6. The van der Waals surface area contributed by atoms with E-state index in [4.69, 9.17) is 9.05 Å². The van der Waals surface area contributed by atoms with Crippen LogP contribution in [-0.2, 0) is 0 Å². The highest BCUT2D eigenvalue weighted by Crippen LogP contribution is 2.42. The monoisotopic (exact) mass is 390 g/mol. The molecule has 2 aromatic heterocycles. The number of benzene rings is 1. The van der Waals surface area contributed by atoms with E-state index in [1.807, 2.05) is 13.8 Å². The van der Waals surface area contributed by atoms with E-state index < -0.39 is 5.91 Å². The number of aromatic hydroxyl groups is 2. The van der Waals surface area contributed by atoms with Crippen LogP contribution in [0.25, 0.3) is 22.7 Å². The van der Waals surface area contributed by atoms with Crippen molar-refractivity contribution in [3.05, 3.63) is 23.4 Å². The number of nitrogens with zero attached hydrogens (tertiary/aromatic N) is 3. The quantitative estimate of drug-likeness (QED) is 0.489. The SMILES string of the molecule is CCNC(=O)c1noc(-c2cc(C(C)C)c(O)cc2O)c1-c1noc(S)n1. The van der Waals surface area contributed by atoms with E-state index in [9.17, 15) is 15.0 Å². The number of carbonyl (C=O) groups is 1. The van der Waals surface area contributed by atoms with Gasteiger partial charge in [-0.15, -0.1) is 0 Å². The summed E-state index contributed by atoms with van der Waals surface area (Å²) < 4.78 is 10.3. The van der Waals surface area contributed by atoms with Gasteiger partial charge in [0.15, 0.2) is 11.5 Å². The number of phenolic OH excluding ortho intramolecular Hbond substituents is 2. The fourth-order valence-corrected chi connectivity index (χ4v) is 2.77. The maximum atomic E-state index is 12.4. The first-order chi connectivity index (χ1) is 12.8. The van der Waals surface area contributed by atoms with Crippen LogP contribution < -0.4 is 5.32 Å². The molecular weight excluding hydrogens is 372 g/mol. The summed E-state index contributed by atoms with van der Waals surface area (Å²) in [7, 11) is 0. The molecule has 0 radical (unpaired) electrons. The molecule has 0 saturated carbocycles. The van der Waals surface area contributed by atoms with Crippen LogP contribution in [0.1, 0.15) is 42.7 Å². The van der Waals surface area contributed by atoms with Gasteiger partial charge in [-0.05, 0) is 24.5 Å². The Morgan fingerprint density at radius 2 is 1.96 bits per heavy atom. The van der Waals surface area contributed by atoms with Crippen LogP contribution in [-0.4, -0.2) is 38.0 Å². The Kier molecular flexibility index (Phi) is 5.08. The van der Waals surface area contributed by atoms with Gasteiger partial charge < -0.3 is 24.6 Å². The van der Waals surface area contributed by atoms with Gasteiger partial charge in [-0.1, -0.05) is 36.8 Å². The lowest BCUT2D eigenvalue weighted by atomic mass is 9.96. The maximum Gasteiger partial charge on any atom is 0.282 e. The summed E-state index contributed by atoms with van der Waals surface area (Å²) in [5.41, 5.74) is 0.924. The molecule has 2 heterocycles. The third-order valence-corrected chi connectivity index (χ3v) is 4.08. The largest absolute Gasteiger partial charge is 0.508 e. The molecule has 9 nitrogen and oxygen atoms in total. The summed E-state index contributed by atoms with van der Waals surface area (Å²) in [6.07, 6.45) is 0. The van der Waals surface area contributed by atoms with E-state index in [-0.39, 0.29) is 51.0 Å². The summed E-state index contributed by atoms with van der Waals surface area (Å²) in [4.78, 5) is 16.4. The van der Waals surface area contributed by atoms with Gasteiger partial charge in [0.05, 0.1) is 5.56 Å². The minimum Gasteiger partial charge on any atom is -0.508 e. The Bertz CT molecular complexity index is 995. The molecule has 1 amide bonds. The molecule has 142 valence electrons.